The third kappa shape index (κ3) is 5.43. The van der Waals surface area contributed by atoms with Crippen molar-refractivity contribution in [2.75, 3.05) is 14.2 Å². The molecule has 0 bridgehead atoms. The van der Waals surface area contributed by atoms with Crippen molar-refractivity contribution in [2.45, 2.75) is 18.0 Å². The molecule has 6 aromatic rings. The lowest BCUT2D eigenvalue weighted by molar-refractivity contribution is -0.143. The van der Waals surface area contributed by atoms with Gasteiger partial charge in [0.1, 0.15) is 17.3 Å². The molecule has 5 aromatic carbocycles. The minimum Gasteiger partial charge on any atom is -0.494 e. The zero-order valence-corrected chi connectivity index (χ0v) is 25.5. The number of hydrogen-bond donors (Lipinski definition) is 1. The zero-order chi connectivity index (χ0) is 31.4. The largest absolute Gasteiger partial charge is 0.494 e. The molecule has 1 N–H and O–H groups in total. The molecule has 0 fully saturated rings. The van der Waals surface area contributed by atoms with Crippen LogP contribution in [0.5, 0.6) is 5.75 Å². The van der Waals surface area contributed by atoms with E-state index in [-0.39, 0.29) is 11.7 Å². The molecule has 1 aromatic heterocycles. The van der Waals surface area contributed by atoms with E-state index >= 15 is 0 Å². The molecule has 0 saturated heterocycles. The van der Waals surface area contributed by atoms with Crippen LogP contribution in [0.25, 0.3) is 16.7 Å². The van der Waals surface area contributed by atoms with Gasteiger partial charge in [-0.15, -0.1) is 0 Å². The highest BCUT2D eigenvalue weighted by Gasteiger charge is 2.40. The van der Waals surface area contributed by atoms with Gasteiger partial charge in [-0.2, -0.15) is 0 Å². The first-order chi connectivity index (χ1) is 22.0. The number of methoxy groups -OCH3 is 2. The van der Waals surface area contributed by atoms with Crippen molar-refractivity contribution >= 4 is 17.0 Å². The minimum absolute atomic E-state index is 0.172. The molecule has 7 nitrogen and oxygen atoms in total. The molecule has 0 radical (unpaired) electrons. The van der Waals surface area contributed by atoms with Crippen molar-refractivity contribution in [3.05, 3.63) is 166 Å². The zero-order valence-electron chi connectivity index (χ0n) is 25.5. The van der Waals surface area contributed by atoms with Crippen molar-refractivity contribution in [2.24, 2.45) is 7.05 Å². The molecule has 1 atom stereocenters. The van der Waals surface area contributed by atoms with Gasteiger partial charge in [0.25, 0.3) is 0 Å². The van der Waals surface area contributed by atoms with Crippen LogP contribution in [0.15, 0.2) is 138 Å². The second-order valence-corrected chi connectivity index (χ2v) is 10.9. The smallest absolute Gasteiger partial charge is 0.333 e. The number of aryl methyl sites for hydroxylation is 1. The van der Waals surface area contributed by atoms with Crippen LogP contribution in [0.4, 0.5) is 0 Å². The number of aromatic nitrogens is 2. The topological polar surface area (TPSA) is 74.5 Å². The second-order valence-electron chi connectivity index (χ2n) is 10.9. The molecule has 0 saturated carbocycles. The number of hydrogen-bond acceptors (Lipinski definition) is 5. The molecule has 1 unspecified atom stereocenters. The van der Waals surface area contributed by atoms with Crippen molar-refractivity contribution in [3.63, 3.8) is 0 Å². The number of benzene rings is 5. The fourth-order valence-electron chi connectivity index (χ4n) is 6.19. The van der Waals surface area contributed by atoms with Crippen molar-refractivity contribution < 1.29 is 14.3 Å². The first kappa shape index (κ1) is 29.7. The molecule has 0 amide bonds. The summed E-state index contributed by atoms with van der Waals surface area (Å²) < 4.78 is 14.2. The first-order valence-corrected chi connectivity index (χ1v) is 14.8. The molecule has 0 aliphatic rings. The van der Waals surface area contributed by atoms with E-state index < -0.39 is 11.6 Å². The van der Waals surface area contributed by atoms with Gasteiger partial charge in [-0.25, -0.2) is 4.79 Å². The van der Waals surface area contributed by atoms with Crippen molar-refractivity contribution in [1.82, 2.24) is 14.5 Å². The second kappa shape index (κ2) is 12.7. The number of fused-ring (bicyclic) bond motifs is 1. The van der Waals surface area contributed by atoms with Gasteiger partial charge in [0.05, 0.1) is 31.0 Å². The van der Waals surface area contributed by atoms with Gasteiger partial charge in [-0.1, -0.05) is 109 Å². The van der Waals surface area contributed by atoms with Crippen LogP contribution in [0.1, 0.15) is 22.3 Å². The van der Waals surface area contributed by atoms with E-state index in [1.54, 1.807) is 23.3 Å². The highest BCUT2D eigenvalue weighted by molar-refractivity contribution is 5.84. The maximum atomic E-state index is 13.5. The third-order valence-corrected chi connectivity index (χ3v) is 8.39. The number of carbonyl (C=O) groups is 1. The Kier molecular flexibility index (Phi) is 8.36. The molecule has 7 heteroatoms. The average Bonchev–Trinajstić information content (AvgIpc) is 3.36. The summed E-state index contributed by atoms with van der Waals surface area (Å²) in [6, 6.07) is 43.1. The molecule has 45 heavy (non-hydrogen) atoms. The van der Waals surface area contributed by atoms with Crippen molar-refractivity contribution in [3.8, 4) is 11.4 Å². The predicted molar refractivity (Wildman–Crippen MR) is 177 cm³/mol. The predicted octanol–water partition coefficient (Wildman–Crippen LogP) is 6.00. The number of imidazole rings is 1. The Balaban J connectivity index is 1.42. The summed E-state index contributed by atoms with van der Waals surface area (Å²) in [5.41, 5.74) is 5.05. The third-order valence-electron chi connectivity index (χ3n) is 8.39. The molecule has 1 heterocycles. The molecular weight excluding hydrogens is 562 g/mol. The van der Waals surface area contributed by atoms with Gasteiger partial charge in [-0.05, 0) is 52.9 Å². The summed E-state index contributed by atoms with van der Waals surface area (Å²) in [6.45, 7) is 0. The molecule has 0 spiro atoms. The SMILES string of the molecule is COC(=O)C(Cc1ccc(-n2c(=O)n(C)c3cccc(OC)c32)cc1)NC(c1ccccc1)(c1ccccc1)c1ccccc1. The Bertz CT molecular complexity index is 1870. The highest BCUT2D eigenvalue weighted by Crippen LogP contribution is 2.37. The number of rotatable bonds is 10. The lowest BCUT2D eigenvalue weighted by atomic mass is 9.76. The maximum absolute atomic E-state index is 13.5. The van der Waals surface area contributed by atoms with Gasteiger partial charge >= 0.3 is 11.7 Å². The molecule has 226 valence electrons. The summed E-state index contributed by atoms with van der Waals surface area (Å²) >= 11 is 0. The lowest BCUT2D eigenvalue weighted by Crippen LogP contribution is -2.53. The van der Waals surface area contributed by atoms with Gasteiger partial charge in [0.2, 0.25) is 0 Å². The lowest BCUT2D eigenvalue weighted by Gasteiger charge is -2.39. The summed E-state index contributed by atoms with van der Waals surface area (Å²) in [4.78, 5) is 26.8. The van der Waals surface area contributed by atoms with Crippen molar-refractivity contribution in [1.29, 1.82) is 0 Å². The Morgan fingerprint density at radius 1 is 0.733 bits per heavy atom. The monoisotopic (exact) mass is 597 g/mol. The summed E-state index contributed by atoms with van der Waals surface area (Å²) in [7, 11) is 4.76. The van der Waals surface area contributed by atoms with E-state index in [0.29, 0.717) is 23.4 Å². The van der Waals surface area contributed by atoms with E-state index in [9.17, 15) is 9.59 Å². The highest BCUT2D eigenvalue weighted by atomic mass is 16.5. The van der Waals surface area contributed by atoms with Gasteiger partial charge in [-0.3, -0.25) is 19.2 Å². The maximum Gasteiger partial charge on any atom is 0.333 e. The van der Waals surface area contributed by atoms with E-state index in [4.69, 9.17) is 9.47 Å². The fraction of sp³-hybridized carbons (Fsp3) is 0.158. The van der Waals surface area contributed by atoms with E-state index in [1.165, 1.54) is 7.11 Å². The summed E-state index contributed by atoms with van der Waals surface area (Å²) in [5, 5.41) is 3.76. The van der Waals surface area contributed by atoms with Crippen LogP contribution in [-0.2, 0) is 28.5 Å². The van der Waals surface area contributed by atoms with Crippen LogP contribution < -0.4 is 15.7 Å². The quantitative estimate of drug-likeness (QED) is 0.155. The van der Waals surface area contributed by atoms with E-state index in [1.807, 2.05) is 97.1 Å². The minimum atomic E-state index is -0.852. The molecule has 0 aliphatic heterocycles. The Morgan fingerprint density at radius 3 is 1.76 bits per heavy atom. The van der Waals surface area contributed by atoms with Gasteiger partial charge < -0.3 is 9.47 Å². The standard InChI is InChI=1S/C38H35N3O4/c1-40-33-20-13-21-34(44-2)35(33)41(37(40)43)31-24-22-27(23-25-31)26-32(36(42)45-3)39-38(28-14-7-4-8-15-28,29-16-9-5-10-17-29)30-18-11-6-12-19-30/h4-25,32,39H,26H2,1-3H3. The normalized spacial score (nSPS) is 12.2. The van der Waals surface area contributed by atoms with E-state index in [0.717, 1.165) is 27.8 Å². The molecule has 6 rings (SSSR count). The van der Waals surface area contributed by atoms with Gasteiger partial charge in [0.15, 0.2) is 0 Å². The van der Waals surface area contributed by atoms with Crippen LogP contribution in [-0.4, -0.2) is 35.4 Å². The number of ether oxygens (including phenoxy) is 2. The van der Waals surface area contributed by atoms with E-state index in [2.05, 4.69) is 41.7 Å². The Hall–Kier alpha value is -5.40. The fourth-order valence-corrected chi connectivity index (χ4v) is 6.19. The first-order valence-electron chi connectivity index (χ1n) is 14.8. The Morgan fingerprint density at radius 2 is 1.27 bits per heavy atom. The summed E-state index contributed by atoms with van der Waals surface area (Å²) in [6.07, 6.45) is 0.356. The molecule has 0 aliphatic carbocycles. The average molecular weight is 598 g/mol. The summed E-state index contributed by atoms with van der Waals surface area (Å²) in [5.74, 6) is 0.240. The van der Waals surface area contributed by atoms with Gasteiger partial charge in [0, 0.05) is 7.05 Å². The van der Waals surface area contributed by atoms with Crippen LogP contribution in [0.3, 0.4) is 0 Å². The van der Waals surface area contributed by atoms with Crippen LogP contribution in [0.2, 0.25) is 0 Å². The molecular formula is C38H35N3O4. The van der Waals surface area contributed by atoms with Crippen LogP contribution in [0, 0.1) is 0 Å². The number of nitrogens with zero attached hydrogens (tertiary/aromatic N) is 2. The Labute approximate surface area is 262 Å². The number of para-hydroxylation sites is 1. The number of nitrogens with one attached hydrogen (secondary N) is 1. The number of carbonyl (C=O) groups excluding carboxylic acids is 1. The van der Waals surface area contributed by atoms with Crippen LogP contribution >= 0.6 is 0 Å². The number of esters is 1.